The first-order chi connectivity index (χ1) is 10.6. The summed E-state index contributed by atoms with van der Waals surface area (Å²) in [5.74, 6) is 1.45. The van der Waals surface area contributed by atoms with Crippen LogP contribution in [-0.2, 0) is 6.54 Å². The van der Waals surface area contributed by atoms with Crippen LogP contribution in [0.2, 0.25) is 0 Å². The normalized spacial score (nSPS) is 12.5. The third-order valence-corrected chi connectivity index (χ3v) is 3.58. The van der Waals surface area contributed by atoms with Crippen LogP contribution in [0, 0.1) is 0 Å². The number of ether oxygens (including phenoxy) is 2. The van der Waals surface area contributed by atoms with E-state index in [9.17, 15) is 4.79 Å². The molecule has 3 rings (SSSR count). The van der Waals surface area contributed by atoms with Gasteiger partial charge in [0.15, 0.2) is 11.5 Å². The van der Waals surface area contributed by atoms with E-state index >= 15 is 0 Å². The van der Waals surface area contributed by atoms with Crippen molar-refractivity contribution in [3.8, 4) is 11.5 Å². The molecule has 2 aromatic rings. The first-order valence-corrected chi connectivity index (χ1v) is 7.24. The number of benzene rings is 1. The molecule has 5 heteroatoms. The number of nitrogens with zero attached hydrogens (tertiary/aromatic N) is 2. The van der Waals surface area contributed by atoms with E-state index < -0.39 is 0 Å². The highest BCUT2D eigenvalue weighted by Crippen LogP contribution is 2.33. The van der Waals surface area contributed by atoms with Crippen molar-refractivity contribution in [2.45, 2.75) is 26.4 Å². The van der Waals surface area contributed by atoms with E-state index in [1.807, 2.05) is 36.9 Å². The van der Waals surface area contributed by atoms with Crippen LogP contribution in [0.25, 0.3) is 0 Å². The Kier molecular flexibility index (Phi) is 3.96. The molecule has 0 spiro atoms. The second kappa shape index (κ2) is 6.05. The summed E-state index contributed by atoms with van der Waals surface area (Å²) in [6, 6.07) is 9.40. The van der Waals surface area contributed by atoms with Gasteiger partial charge in [0, 0.05) is 25.0 Å². The maximum atomic E-state index is 12.7. The molecule has 114 valence electrons. The lowest BCUT2D eigenvalue weighted by molar-refractivity contribution is 0.0689. The van der Waals surface area contributed by atoms with Gasteiger partial charge >= 0.3 is 0 Å². The molecule has 1 aromatic carbocycles. The quantitative estimate of drug-likeness (QED) is 0.871. The van der Waals surface area contributed by atoms with Gasteiger partial charge < -0.3 is 14.4 Å². The summed E-state index contributed by atoms with van der Waals surface area (Å²) in [7, 11) is 0. The lowest BCUT2D eigenvalue weighted by Crippen LogP contribution is -2.36. The Bertz CT molecular complexity index is 671. The number of fused-ring (bicyclic) bond motifs is 1. The van der Waals surface area contributed by atoms with Gasteiger partial charge in [0.2, 0.25) is 6.79 Å². The monoisotopic (exact) mass is 298 g/mol. The number of carbonyl (C=O) groups is 1. The molecule has 0 radical (unpaired) electrons. The average Bonchev–Trinajstić information content (AvgIpc) is 3.00. The molecule has 1 aliphatic heterocycles. The lowest BCUT2D eigenvalue weighted by Gasteiger charge is -2.27. The molecule has 0 atom stereocenters. The highest BCUT2D eigenvalue weighted by Gasteiger charge is 2.21. The SMILES string of the molecule is CC(C)N(Cc1ccc2c(c1)OCO2)C(=O)c1cccnc1. The Morgan fingerprint density at radius 3 is 2.82 bits per heavy atom. The van der Waals surface area contributed by atoms with Crippen molar-refractivity contribution in [3.63, 3.8) is 0 Å². The van der Waals surface area contributed by atoms with Gasteiger partial charge in [-0.25, -0.2) is 0 Å². The lowest BCUT2D eigenvalue weighted by atomic mass is 10.1. The van der Waals surface area contributed by atoms with Gasteiger partial charge in [-0.2, -0.15) is 0 Å². The molecule has 22 heavy (non-hydrogen) atoms. The summed E-state index contributed by atoms with van der Waals surface area (Å²) < 4.78 is 10.7. The summed E-state index contributed by atoms with van der Waals surface area (Å²) in [5, 5.41) is 0. The Morgan fingerprint density at radius 1 is 1.27 bits per heavy atom. The molecule has 0 bridgehead atoms. The van der Waals surface area contributed by atoms with Crippen molar-refractivity contribution in [2.24, 2.45) is 0 Å². The molecular weight excluding hydrogens is 280 g/mol. The van der Waals surface area contributed by atoms with Crippen LogP contribution < -0.4 is 9.47 Å². The Balaban J connectivity index is 1.82. The number of carbonyl (C=O) groups excluding carboxylic acids is 1. The van der Waals surface area contributed by atoms with Crippen molar-refractivity contribution in [1.29, 1.82) is 0 Å². The average molecular weight is 298 g/mol. The van der Waals surface area contributed by atoms with Gasteiger partial charge in [-0.05, 0) is 43.7 Å². The second-order valence-electron chi connectivity index (χ2n) is 5.46. The third kappa shape index (κ3) is 2.88. The summed E-state index contributed by atoms with van der Waals surface area (Å²) in [6.45, 7) is 4.77. The van der Waals surface area contributed by atoms with Crippen molar-refractivity contribution < 1.29 is 14.3 Å². The zero-order valence-corrected chi connectivity index (χ0v) is 12.7. The summed E-state index contributed by atoms with van der Waals surface area (Å²) in [6.07, 6.45) is 3.26. The molecular formula is C17H18N2O3. The first-order valence-electron chi connectivity index (χ1n) is 7.24. The number of amides is 1. The molecule has 1 aromatic heterocycles. The van der Waals surface area contributed by atoms with Gasteiger partial charge in [0.25, 0.3) is 5.91 Å². The van der Waals surface area contributed by atoms with Crippen LogP contribution in [-0.4, -0.2) is 28.6 Å². The molecule has 1 aliphatic rings. The number of aromatic nitrogens is 1. The molecule has 0 aliphatic carbocycles. The molecule has 2 heterocycles. The van der Waals surface area contributed by atoms with Crippen LogP contribution >= 0.6 is 0 Å². The number of pyridine rings is 1. The number of hydrogen-bond donors (Lipinski definition) is 0. The van der Waals surface area contributed by atoms with Gasteiger partial charge in [0.05, 0.1) is 5.56 Å². The first kappa shape index (κ1) is 14.4. The van der Waals surface area contributed by atoms with Gasteiger partial charge in [-0.15, -0.1) is 0 Å². The van der Waals surface area contributed by atoms with E-state index in [0.717, 1.165) is 17.1 Å². The fourth-order valence-corrected chi connectivity index (χ4v) is 2.38. The molecule has 0 saturated heterocycles. The van der Waals surface area contributed by atoms with Gasteiger partial charge in [-0.3, -0.25) is 9.78 Å². The minimum atomic E-state index is -0.0271. The Morgan fingerprint density at radius 2 is 2.09 bits per heavy atom. The van der Waals surface area contributed by atoms with Crippen molar-refractivity contribution in [3.05, 3.63) is 53.9 Å². The van der Waals surface area contributed by atoms with Crippen LogP contribution in [0.1, 0.15) is 29.8 Å². The highest BCUT2D eigenvalue weighted by molar-refractivity contribution is 5.94. The molecule has 0 saturated carbocycles. The predicted molar refractivity (Wildman–Crippen MR) is 81.8 cm³/mol. The molecule has 1 amide bonds. The van der Waals surface area contributed by atoms with E-state index in [1.165, 1.54) is 0 Å². The molecule has 0 unspecified atom stereocenters. The van der Waals surface area contributed by atoms with Crippen LogP contribution in [0.3, 0.4) is 0 Å². The van der Waals surface area contributed by atoms with Crippen LogP contribution in [0.5, 0.6) is 11.5 Å². The zero-order valence-electron chi connectivity index (χ0n) is 12.7. The smallest absolute Gasteiger partial charge is 0.255 e. The predicted octanol–water partition coefficient (Wildman–Crippen LogP) is 2.86. The number of rotatable bonds is 4. The largest absolute Gasteiger partial charge is 0.454 e. The van der Waals surface area contributed by atoms with E-state index in [1.54, 1.807) is 24.5 Å². The zero-order chi connectivity index (χ0) is 15.5. The molecule has 0 fully saturated rings. The van der Waals surface area contributed by atoms with E-state index in [4.69, 9.17) is 9.47 Å². The number of hydrogen-bond acceptors (Lipinski definition) is 4. The second-order valence-corrected chi connectivity index (χ2v) is 5.46. The third-order valence-electron chi connectivity index (χ3n) is 3.58. The van der Waals surface area contributed by atoms with E-state index in [0.29, 0.717) is 12.1 Å². The van der Waals surface area contributed by atoms with Gasteiger partial charge in [-0.1, -0.05) is 6.07 Å². The molecule has 0 N–H and O–H groups in total. The topological polar surface area (TPSA) is 51.7 Å². The maximum Gasteiger partial charge on any atom is 0.255 e. The minimum absolute atomic E-state index is 0.0271. The Hall–Kier alpha value is -2.56. The Labute approximate surface area is 129 Å². The van der Waals surface area contributed by atoms with Crippen molar-refractivity contribution in [1.82, 2.24) is 9.88 Å². The summed E-state index contributed by atoms with van der Waals surface area (Å²) in [5.41, 5.74) is 1.60. The van der Waals surface area contributed by atoms with E-state index in [-0.39, 0.29) is 18.7 Å². The van der Waals surface area contributed by atoms with Crippen molar-refractivity contribution in [2.75, 3.05) is 6.79 Å². The maximum absolute atomic E-state index is 12.7. The van der Waals surface area contributed by atoms with Gasteiger partial charge in [0.1, 0.15) is 0 Å². The highest BCUT2D eigenvalue weighted by atomic mass is 16.7. The fourth-order valence-electron chi connectivity index (χ4n) is 2.38. The van der Waals surface area contributed by atoms with Crippen LogP contribution in [0.15, 0.2) is 42.7 Å². The van der Waals surface area contributed by atoms with Crippen molar-refractivity contribution >= 4 is 5.91 Å². The fraction of sp³-hybridized carbons (Fsp3) is 0.294. The molecule has 5 nitrogen and oxygen atoms in total. The standard InChI is InChI=1S/C17H18N2O3/c1-12(2)19(17(20)14-4-3-7-18-9-14)10-13-5-6-15-16(8-13)22-11-21-15/h3-9,12H,10-11H2,1-2H3. The summed E-state index contributed by atoms with van der Waals surface area (Å²) in [4.78, 5) is 18.5. The summed E-state index contributed by atoms with van der Waals surface area (Å²) >= 11 is 0. The van der Waals surface area contributed by atoms with E-state index in [2.05, 4.69) is 4.98 Å². The minimum Gasteiger partial charge on any atom is -0.454 e. The van der Waals surface area contributed by atoms with Crippen LogP contribution in [0.4, 0.5) is 0 Å².